The van der Waals surface area contributed by atoms with Gasteiger partial charge in [0.15, 0.2) is 0 Å². The molecule has 0 aliphatic carbocycles. The van der Waals surface area contributed by atoms with Crippen LogP contribution >= 0.6 is 0 Å². The summed E-state index contributed by atoms with van der Waals surface area (Å²) in [7, 11) is 1.63. The number of aryl methyl sites for hydroxylation is 1. The number of carbonyl (C=O) groups is 1. The molecule has 0 aromatic heterocycles. The molecule has 1 aliphatic heterocycles. The summed E-state index contributed by atoms with van der Waals surface area (Å²) in [5.41, 5.74) is 10.2. The Balaban J connectivity index is 2.00. The van der Waals surface area contributed by atoms with Crippen molar-refractivity contribution >= 4 is 17.3 Å². The van der Waals surface area contributed by atoms with E-state index >= 15 is 0 Å². The second-order valence-electron chi connectivity index (χ2n) is 5.43. The number of ether oxygens (including phenoxy) is 1. The molecule has 0 spiro atoms. The van der Waals surface area contributed by atoms with Crippen molar-refractivity contribution in [1.82, 2.24) is 5.32 Å². The van der Waals surface area contributed by atoms with E-state index in [0.717, 1.165) is 29.9 Å². The first-order valence-electron chi connectivity index (χ1n) is 6.93. The number of methoxy groups -OCH3 is 1. The molecule has 0 saturated carbocycles. The SMILES string of the molecule is COCC(C)NC(=O)CN1CCc2cc(C)c(N)cc21. The zero-order chi connectivity index (χ0) is 14.7. The van der Waals surface area contributed by atoms with Crippen LogP contribution in [0.4, 0.5) is 11.4 Å². The third-order valence-corrected chi connectivity index (χ3v) is 3.62. The van der Waals surface area contributed by atoms with E-state index in [9.17, 15) is 4.79 Å². The van der Waals surface area contributed by atoms with Crippen LogP contribution in [-0.2, 0) is 16.0 Å². The molecule has 1 amide bonds. The number of carbonyl (C=O) groups excluding carboxylic acids is 1. The van der Waals surface area contributed by atoms with Gasteiger partial charge in [0.25, 0.3) is 0 Å². The Morgan fingerprint density at radius 1 is 1.55 bits per heavy atom. The first kappa shape index (κ1) is 14.7. The van der Waals surface area contributed by atoms with E-state index in [1.54, 1.807) is 7.11 Å². The first-order valence-corrected chi connectivity index (χ1v) is 6.93. The molecule has 1 aromatic carbocycles. The Hall–Kier alpha value is -1.75. The minimum atomic E-state index is 0.0153. The average molecular weight is 277 g/mol. The summed E-state index contributed by atoms with van der Waals surface area (Å²) in [6.07, 6.45) is 0.970. The fourth-order valence-corrected chi connectivity index (χ4v) is 2.59. The Bertz CT molecular complexity index is 502. The largest absolute Gasteiger partial charge is 0.398 e. The van der Waals surface area contributed by atoms with Gasteiger partial charge in [-0.15, -0.1) is 0 Å². The maximum absolute atomic E-state index is 12.0. The summed E-state index contributed by atoms with van der Waals surface area (Å²) in [5.74, 6) is 0.0153. The van der Waals surface area contributed by atoms with E-state index in [1.165, 1.54) is 5.56 Å². The van der Waals surface area contributed by atoms with Crippen molar-refractivity contribution < 1.29 is 9.53 Å². The first-order chi connectivity index (χ1) is 9.51. The number of nitrogens with one attached hydrogen (secondary N) is 1. The molecule has 3 N–H and O–H groups in total. The van der Waals surface area contributed by atoms with Crippen LogP contribution in [0.25, 0.3) is 0 Å². The number of fused-ring (bicyclic) bond motifs is 1. The van der Waals surface area contributed by atoms with Gasteiger partial charge in [-0.25, -0.2) is 0 Å². The number of anilines is 2. The van der Waals surface area contributed by atoms with Gasteiger partial charge in [-0.1, -0.05) is 6.07 Å². The molecule has 1 aromatic rings. The van der Waals surface area contributed by atoms with E-state index in [1.807, 2.05) is 19.9 Å². The summed E-state index contributed by atoms with van der Waals surface area (Å²) >= 11 is 0. The summed E-state index contributed by atoms with van der Waals surface area (Å²) in [4.78, 5) is 14.1. The molecule has 5 heteroatoms. The van der Waals surface area contributed by atoms with Crippen LogP contribution in [0.3, 0.4) is 0 Å². The molecule has 20 heavy (non-hydrogen) atoms. The maximum atomic E-state index is 12.0. The lowest BCUT2D eigenvalue weighted by Crippen LogP contribution is -2.42. The molecule has 1 aliphatic rings. The Morgan fingerprint density at radius 3 is 3.00 bits per heavy atom. The molecule has 5 nitrogen and oxygen atoms in total. The van der Waals surface area contributed by atoms with Gasteiger partial charge >= 0.3 is 0 Å². The van der Waals surface area contributed by atoms with E-state index in [-0.39, 0.29) is 11.9 Å². The number of hydrogen-bond donors (Lipinski definition) is 2. The van der Waals surface area contributed by atoms with E-state index in [0.29, 0.717) is 13.2 Å². The quantitative estimate of drug-likeness (QED) is 0.791. The summed E-state index contributed by atoms with van der Waals surface area (Å²) in [6, 6.07) is 4.12. The molecular weight excluding hydrogens is 254 g/mol. The highest BCUT2D eigenvalue weighted by Gasteiger charge is 2.22. The van der Waals surface area contributed by atoms with Gasteiger partial charge in [0, 0.05) is 31.1 Å². The maximum Gasteiger partial charge on any atom is 0.239 e. The van der Waals surface area contributed by atoms with Gasteiger partial charge in [0.05, 0.1) is 13.2 Å². The zero-order valence-corrected chi connectivity index (χ0v) is 12.4. The van der Waals surface area contributed by atoms with Crippen LogP contribution in [0, 0.1) is 6.92 Å². The molecule has 0 radical (unpaired) electrons. The van der Waals surface area contributed by atoms with E-state index in [4.69, 9.17) is 10.5 Å². The highest BCUT2D eigenvalue weighted by atomic mass is 16.5. The van der Waals surface area contributed by atoms with Crippen molar-refractivity contribution in [3.63, 3.8) is 0 Å². The van der Waals surface area contributed by atoms with Crippen molar-refractivity contribution in [3.8, 4) is 0 Å². The summed E-state index contributed by atoms with van der Waals surface area (Å²) in [6.45, 7) is 5.69. The van der Waals surface area contributed by atoms with Gasteiger partial charge in [0.1, 0.15) is 0 Å². The monoisotopic (exact) mass is 277 g/mol. The van der Waals surface area contributed by atoms with E-state index in [2.05, 4.69) is 16.3 Å². The molecule has 0 saturated heterocycles. The molecule has 0 bridgehead atoms. The zero-order valence-electron chi connectivity index (χ0n) is 12.4. The van der Waals surface area contributed by atoms with Crippen LogP contribution < -0.4 is 16.0 Å². The molecule has 1 atom stereocenters. The standard InChI is InChI=1S/C15H23N3O2/c1-10-6-12-4-5-18(14(12)7-13(10)16)8-15(19)17-11(2)9-20-3/h6-7,11H,4-5,8-9,16H2,1-3H3,(H,17,19). The number of nitrogens with zero attached hydrogens (tertiary/aromatic N) is 1. The number of rotatable bonds is 5. The topological polar surface area (TPSA) is 67.6 Å². The number of nitrogen functional groups attached to an aromatic ring is 1. The normalized spacial score (nSPS) is 15.1. The second kappa shape index (κ2) is 6.13. The molecule has 0 fully saturated rings. The summed E-state index contributed by atoms with van der Waals surface area (Å²) in [5, 5.41) is 2.93. The van der Waals surface area contributed by atoms with Crippen LogP contribution in [0.5, 0.6) is 0 Å². The van der Waals surface area contributed by atoms with Crippen LogP contribution in [0.15, 0.2) is 12.1 Å². The summed E-state index contributed by atoms with van der Waals surface area (Å²) < 4.78 is 5.01. The third kappa shape index (κ3) is 3.22. The predicted octanol–water partition coefficient (Wildman–Crippen LogP) is 1.09. The lowest BCUT2D eigenvalue weighted by Gasteiger charge is -2.21. The fraction of sp³-hybridized carbons (Fsp3) is 0.533. The van der Waals surface area contributed by atoms with Crippen LogP contribution in [-0.4, -0.2) is 38.8 Å². The predicted molar refractivity (Wildman–Crippen MR) is 81.0 cm³/mol. The lowest BCUT2D eigenvalue weighted by atomic mass is 10.1. The minimum absolute atomic E-state index is 0.0153. The molecular formula is C15H23N3O2. The molecule has 2 rings (SSSR count). The Labute approximate surface area is 120 Å². The van der Waals surface area contributed by atoms with Gasteiger partial charge in [-0.3, -0.25) is 4.79 Å². The second-order valence-corrected chi connectivity index (χ2v) is 5.43. The molecule has 1 unspecified atom stereocenters. The molecule has 110 valence electrons. The molecule has 1 heterocycles. The van der Waals surface area contributed by atoms with Gasteiger partial charge in [-0.05, 0) is 37.5 Å². The average Bonchev–Trinajstić information content (AvgIpc) is 2.72. The van der Waals surface area contributed by atoms with Crippen LogP contribution in [0.2, 0.25) is 0 Å². The Kier molecular flexibility index (Phi) is 4.49. The third-order valence-electron chi connectivity index (χ3n) is 3.62. The van der Waals surface area contributed by atoms with Crippen molar-refractivity contribution in [3.05, 3.63) is 23.3 Å². The van der Waals surface area contributed by atoms with Crippen molar-refractivity contribution in [1.29, 1.82) is 0 Å². The highest BCUT2D eigenvalue weighted by Crippen LogP contribution is 2.31. The smallest absolute Gasteiger partial charge is 0.239 e. The number of benzene rings is 1. The Morgan fingerprint density at radius 2 is 2.30 bits per heavy atom. The fourth-order valence-electron chi connectivity index (χ4n) is 2.59. The van der Waals surface area contributed by atoms with Crippen molar-refractivity contribution in [2.45, 2.75) is 26.3 Å². The highest BCUT2D eigenvalue weighted by molar-refractivity contribution is 5.83. The number of hydrogen-bond acceptors (Lipinski definition) is 4. The van der Waals surface area contributed by atoms with Gasteiger partial charge < -0.3 is 20.7 Å². The van der Waals surface area contributed by atoms with Gasteiger partial charge in [-0.2, -0.15) is 0 Å². The van der Waals surface area contributed by atoms with Crippen LogP contribution in [0.1, 0.15) is 18.1 Å². The number of nitrogens with two attached hydrogens (primary N) is 1. The van der Waals surface area contributed by atoms with Crippen molar-refractivity contribution in [2.24, 2.45) is 0 Å². The van der Waals surface area contributed by atoms with Crippen molar-refractivity contribution in [2.75, 3.05) is 37.4 Å². The van der Waals surface area contributed by atoms with Gasteiger partial charge in [0.2, 0.25) is 5.91 Å². The number of amides is 1. The lowest BCUT2D eigenvalue weighted by molar-refractivity contribution is -0.120. The van der Waals surface area contributed by atoms with E-state index < -0.39 is 0 Å². The minimum Gasteiger partial charge on any atom is -0.398 e.